The zero-order valence-electron chi connectivity index (χ0n) is 9.58. The first-order valence-electron chi connectivity index (χ1n) is 6.44. The SMILES string of the molecule is O=CCNC(=O)C12CC3CC(CC(C3)C1)C2. The molecule has 1 amide bonds. The lowest BCUT2D eigenvalue weighted by Gasteiger charge is -2.55. The minimum Gasteiger partial charge on any atom is -0.349 e. The molecule has 0 aromatic rings. The van der Waals surface area contributed by atoms with Crippen LogP contribution in [0.3, 0.4) is 0 Å². The number of nitrogens with one attached hydrogen (secondary N) is 1. The molecule has 4 aliphatic carbocycles. The number of hydrogen-bond acceptors (Lipinski definition) is 2. The van der Waals surface area contributed by atoms with Gasteiger partial charge in [0, 0.05) is 5.41 Å². The van der Waals surface area contributed by atoms with Crippen molar-refractivity contribution in [1.29, 1.82) is 0 Å². The van der Waals surface area contributed by atoms with Crippen LogP contribution in [0.25, 0.3) is 0 Å². The molecule has 0 saturated heterocycles. The number of rotatable bonds is 3. The van der Waals surface area contributed by atoms with Gasteiger partial charge in [0.2, 0.25) is 5.91 Å². The van der Waals surface area contributed by atoms with Crippen LogP contribution in [-0.4, -0.2) is 18.7 Å². The molecule has 0 aromatic carbocycles. The molecule has 4 rings (SSSR count). The van der Waals surface area contributed by atoms with E-state index in [1.807, 2.05) is 0 Å². The molecule has 88 valence electrons. The number of aldehydes is 1. The maximum Gasteiger partial charge on any atom is 0.226 e. The lowest BCUT2D eigenvalue weighted by molar-refractivity contribution is -0.146. The lowest BCUT2D eigenvalue weighted by atomic mass is 9.49. The first-order chi connectivity index (χ1) is 7.72. The standard InChI is InChI=1S/C13H19NO2/c15-2-1-14-12(16)13-6-9-3-10(7-13)5-11(4-9)8-13/h2,9-11H,1,3-8H2,(H,14,16). The first kappa shape index (κ1) is 10.3. The smallest absolute Gasteiger partial charge is 0.226 e. The molecule has 1 N–H and O–H groups in total. The molecule has 16 heavy (non-hydrogen) atoms. The summed E-state index contributed by atoms with van der Waals surface area (Å²) in [5.74, 6) is 2.51. The van der Waals surface area contributed by atoms with Crippen LogP contribution in [0.1, 0.15) is 38.5 Å². The van der Waals surface area contributed by atoms with E-state index in [0.29, 0.717) is 0 Å². The number of hydrogen-bond donors (Lipinski definition) is 1. The molecule has 3 nitrogen and oxygen atoms in total. The van der Waals surface area contributed by atoms with Gasteiger partial charge in [-0.3, -0.25) is 4.79 Å². The van der Waals surface area contributed by atoms with Crippen LogP contribution in [0.2, 0.25) is 0 Å². The summed E-state index contributed by atoms with van der Waals surface area (Å²) in [5, 5.41) is 2.78. The van der Waals surface area contributed by atoms with E-state index in [1.165, 1.54) is 19.3 Å². The summed E-state index contributed by atoms with van der Waals surface area (Å²) in [6, 6.07) is 0. The highest BCUT2D eigenvalue weighted by molar-refractivity contribution is 5.84. The van der Waals surface area contributed by atoms with Gasteiger partial charge < -0.3 is 10.1 Å². The zero-order chi connectivity index (χ0) is 11.2. The quantitative estimate of drug-likeness (QED) is 0.734. The fraction of sp³-hybridized carbons (Fsp3) is 0.846. The molecular formula is C13H19NO2. The Morgan fingerprint density at radius 2 is 1.62 bits per heavy atom. The Morgan fingerprint density at radius 3 is 2.06 bits per heavy atom. The fourth-order valence-electron chi connectivity index (χ4n) is 4.71. The Bertz CT molecular complexity index is 289. The molecule has 3 heteroatoms. The monoisotopic (exact) mass is 221 g/mol. The van der Waals surface area contributed by atoms with Gasteiger partial charge in [-0.05, 0) is 56.3 Å². The van der Waals surface area contributed by atoms with Crippen LogP contribution in [0.4, 0.5) is 0 Å². The van der Waals surface area contributed by atoms with Crippen LogP contribution in [0.15, 0.2) is 0 Å². The molecule has 4 saturated carbocycles. The summed E-state index contributed by atoms with van der Waals surface area (Å²) in [5.41, 5.74) is -0.0994. The topological polar surface area (TPSA) is 46.2 Å². The van der Waals surface area contributed by atoms with E-state index in [4.69, 9.17) is 0 Å². The minimum atomic E-state index is -0.0994. The van der Waals surface area contributed by atoms with Gasteiger partial charge in [0.25, 0.3) is 0 Å². The van der Waals surface area contributed by atoms with Crippen molar-refractivity contribution < 1.29 is 9.59 Å². The molecule has 0 aromatic heterocycles. The highest BCUT2D eigenvalue weighted by Gasteiger charge is 2.54. The molecule has 0 atom stereocenters. The van der Waals surface area contributed by atoms with Crippen molar-refractivity contribution in [3.8, 4) is 0 Å². The summed E-state index contributed by atoms with van der Waals surface area (Å²) in [6.07, 6.45) is 8.04. The Hall–Kier alpha value is -0.860. The van der Waals surface area contributed by atoms with Gasteiger partial charge in [0.15, 0.2) is 0 Å². The third-order valence-electron chi connectivity index (χ3n) is 4.87. The van der Waals surface area contributed by atoms with Gasteiger partial charge in [-0.1, -0.05) is 0 Å². The lowest BCUT2D eigenvalue weighted by Crippen LogP contribution is -2.53. The molecule has 0 aliphatic heterocycles. The third kappa shape index (κ3) is 1.48. The van der Waals surface area contributed by atoms with Gasteiger partial charge in [0.1, 0.15) is 6.29 Å². The second-order valence-corrected chi connectivity index (χ2v) is 6.07. The third-order valence-corrected chi connectivity index (χ3v) is 4.87. The Balaban J connectivity index is 1.77. The van der Waals surface area contributed by atoms with Crippen molar-refractivity contribution >= 4 is 12.2 Å². The van der Waals surface area contributed by atoms with Crippen molar-refractivity contribution in [2.24, 2.45) is 23.2 Å². The molecular weight excluding hydrogens is 202 g/mol. The summed E-state index contributed by atoms with van der Waals surface area (Å²) in [7, 11) is 0. The second kappa shape index (κ2) is 3.57. The van der Waals surface area contributed by atoms with Crippen molar-refractivity contribution in [1.82, 2.24) is 5.32 Å². The van der Waals surface area contributed by atoms with E-state index in [2.05, 4.69) is 5.32 Å². The minimum absolute atomic E-state index is 0.0994. The van der Waals surface area contributed by atoms with Crippen LogP contribution in [0, 0.1) is 23.2 Å². The van der Waals surface area contributed by atoms with Gasteiger partial charge >= 0.3 is 0 Å². The zero-order valence-corrected chi connectivity index (χ0v) is 9.58. The predicted octanol–water partition coefficient (Wildman–Crippen LogP) is 1.52. The van der Waals surface area contributed by atoms with Crippen molar-refractivity contribution in [2.45, 2.75) is 38.5 Å². The predicted molar refractivity (Wildman–Crippen MR) is 59.7 cm³/mol. The average molecular weight is 221 g/mol. The Morgan fingerprint density at radius 1 is 1.12 bits per heavy atom. The van der Waals surface area contributed by atoms with Gasteiger partial charge in [0.05, 0.1) is 6.54 Å². The maximum absolute atomic E-state index is 12.2. The van der Waals surface area contributed by atoms with Crippen molar-refractivity contribution in [3.05, 3.63) is 0 Å². The van der Waals surface area contributed by atoms with Crippen molar-refractivity contribution in [2.75, 3.05) is 6.54 Å². The molecule has 0 heterocycles. The first-order valence-corrected chi connectivity index (χ1v) is 6.44. The molecule has 4 aliphatic rings. The number of carbonyl (C=O) groups is 2. The Labute approximate surface area is 96.0 Å². The summed E-state index contributed by atoms with van der Waals surface area (Å²) in [4.78, 5) is 22.5. The van der Waals surface area contributed by atoms with E-state index in [-0.39, 0.29) is 17.9 Å². The molecule has 0 spiro atoms. The Kier molecular flexibility index (Phi) is 2.30. The maximum atomic E-state index is 12.2. The second-order valence-electron chi connectivity index (χ2n) is 6.07. The van der Waals surface area contributed by atoms with E-state index in [1.54, 1.807) is 0 Å². The normalized spacial score (nSPS) is 44.4. The van der Waals surface area contributed by atoms with Crippen LogP contribution < -0.4 is 5.32 Å². The van der Waals surface area contributed by atoms with Gasteiger partial charge in [-0.15, -0.1) is 0 Å². The van der Waals surface area contributed by atoms with Crippen molar-refractivity contribution in [3.63, 3.8) is 0 Å². The largest absolute Gasteiger partial charge is 0.349 e. The summed E-state index contributed by atoms with van der Waals surface area (Å²) < 4.78 is 0. The number of carbonyl (C=O) groups excluding carboxylic acids is 2. The fourth-order valence-corrected chi connectivity index (χ4v) is 4.71. The molecule has 4 bridgehead atoms. The summed E-state index contributed by atoms with van der Waals surface area (Å²) in [6.45, 7) is 0.181. The molecule has 4 fully saturated rings. The van der Waals surface area contributed by atoms with Gasteiger partial charge in [-0.2, -0.15) is 0 Å². The highest BCUT2D eigenvalue weighted by Crippen LogP contribution is 2.59. The van der Waals surface area contributed by atoms with Gasteiger partial charge in [-0.25, -0.2) is 0 Å². The van der Waals surface area contributed by atoms with Crippen LogP contribution in [0.5, 0.6) is 0 Å². The van der Waals surface area contributed by atoms with Crippen LogP contribution in [-0.2, 0) is 9.59 Å². The van der Waals surface area contributed by atoms with E-state index in [0.717, 1.165) is 43.3 Å². The van der Waals surface area contributed by atoms with E-state index < -0.39 is 0 Å². The summed E-state index contributed by atoms with van der Waals surface area (Å²) >= 11 is 0. The van der Waals surface area contributed by atoms with E-state index in [9.17, 15) is 9.59 Å². The molecule has 0 unspecified atom stereocenters. The average Bonchev–Trinajstić information content (AvgIpc) is 2.24. The molecule has 0 radical (unpaired) electrons. The number of amides is 1. The van der Waals surface area contributed by atoms with Crippen LogP contribution >= 0.6 is 0 Å². The highest BCUT2D eigenvalue weighted by atomic mass is 16.2. The van der Waals surface area contributed by atoms with E-state index >= 15 is 0 Å².